The van der Waals surface area contributed by atoms with Gasteiger partial charge in [-0.25, -0.2) is 0 Å². The molecule has 0 aromatic heterocycles. The molecule has 1 rings (SSSR count). The minimum absolute atomic E-state index is 0.147. The monoisotopic (exact) mass is 241 g/mol. The van der Waals surface area contributed by atoms with Crippen molar-refractivity contribution in [3.05, 3.63) is 40.9 Å². The van der Waals surface area contributed by atoms with Gasteiger partial charge in [-0.05, 0) is 23.8 Å². The van der Waals surface area contributed by atoms with E-state index >= 15 is 0 Å². The molecule has 1 aromatic rings. The van der Waals surface area contributed by atoms with Crippen LogP contribution in [0.3, 0.4) is 0 Å². The highest BCUT2D eigenvalue weighted by Crippen LogP contribution is 2.24. The summed E-state index contributed by atoms with van der Waals surface area (Å²) in [5.74, 6) is 0.793. The van der Waals surface area contributed by atoms with Gasteiger partial charge in [0.05, 0.1) is 7.11 Å². The molecule has 0 unspecified atom stereocenters. The Morgan fingerprint density at radius 3 is 2.77 bits per heavy atom. The highest BCUT2D eigenvalue weighted by atomic mass is 79.9. The second-order valence-corrected chi connectivity index (χ2v) is 3.60. The molecule has 0 aliphatic rings. The maximum Gasteiger partial charge on any atom is 0.120 e. The summed E-state index contributed by atoms with van der Waals surface area (Å²) in [6.45, 7) is 3.64. The highest BCUT2D eigenvalue weighted by molar-refractivity contribution is 9.10. The van der Waals surface area contributed by atoms with Gasteiger partial charge in [0.1, 0.15) is 5.75 Å². The van der Waals surface area contributed by atoms with Crippen molar-refractivity contribution < 1.29 is 4.74 Å². The molecular formula is C10H12BrNO. The fourth-order valence-electron chi connectivity index (χ4n) is 1.03. The summed E-state index contributed by atoms with van der Waals surface area (Å²) in [7, 11) is 1.63. The maximum absolute atomic E-state index is 5.79. The summed E-state index contributed by atoms with van der Waals surface area (Å²) in [5, 5.41) is 0. The largest absolute Gasteiger partial charge is 0.497 e. The average molecular weight is 242 g/mol. The number of hydrogen-bond acceptors (Lipinski definition) is 2. The van der Waals surface area contributed by atoms with E-state index in [1.807, 2.05) is 18.2 Å². The number of nitrogens with two attached hydrogens (primary N) is 1. The number of benzene rings is 1. The van der Waals surface area contributed by atoms with Gasteiger partial charge in [0, 0.05) is 10.5 Å². The second-order valence-electron chi connectivity index (χ2n) is 2.69. The van der Waals surface area contributed by atoms with E-state index in [2.05, 4.69) is 22.5 Å². The van der Waals surface area contributed by atoms with E-state index in [-0.39, 0.29) is 6.04 Å². The molecule has 0 spiro atoms. The Bertz CT molecular complexity index is 312. The van der Waals surface area contributed by atoms with E-state index < -0.39 is 0 Å². The van der Waals surface area contributed by atoms with Crippen molar-refractivity contribution in [1.29, 1.82) is 0 Å². The van der Waals surface area contributed by atoms with Crippen LogP contribution in [0.2, 0.25) is 0 Å². The Labute approximate surface area is 86.5 Å². The number of rotatable bonds is 3. The summed E-state index contributed by atoms with van der Waals surface area (Å²) >= 11 is 3.38. The van der Waals surface area contributed by atoms with Crippen LogP contribution in [0.25, 0.3) is 0 Å². The van der Waals surface area contributed by atoms with Crippen LogP contribution in [0.15, 0.2) is 35.3 Å². The van der Waals surface area contributed by atoms with Crippen LogP contribution in [0.5, 0.6) is 5.75 Å². The van der Waals surface area contributed by atoms with E-state index in [0.29, 0.717) is 0 Å². The quantitative estimate of drug-likeness (QED) is 0.827. The third-order valence-corrected chi connectivity index (χ3v) is 2.23. The van der Waals surface area contributed by atoms with E-state index in [9.17, 15) is 0 Å². The van der Waals surface area contributed by atoms with Crippen molar-refractivity contribution in [2.24, 2.45) is 5.73 Å². The molecule has 0 bridgehead atoms. The van der Waals surface area contributed by atoms with Crippen molar-refractivity contribution in [3.63, 3.8) is 0 Å². The van der Waals surface area contributed by atoms with Gasteiger partial charge >= 0.3 is 0 Å². The van der Waals surface area contributed by atoms with Crippen molar-refractivity contribution >= 4 is 15.9 Å². The van der Waals surface area contributed by atoms with Crippen molar-refractivity contribution in [1.82, 2.24) is 0 Å². The molecule has 1 atom stereocenters. The maximum atomic E-state index is 5.79. The predicted octanol–water partition coefficient (Wildman–Crippen LogP) is 2.64. The van der Waals surface area contributed by atoms with Crippen LogP contribution in [0, 0.1) is 0 Å². The minimum Gasteiger partial charge on any atom is -0.497 e. The van der Waals surface area contributed by atoms with Crippen LogP contribution in [-0.2, 0) is 0 Å². The molecule has 0 amide bonds. The van der Waals surface area contributed by atoms with E-state index in [4.69, 9.17) is 10.5 Å². The summed E-state index contributed by atoms with van der Waals surface area (Å²) in [4.78, 5) is 0. The van der Waals surface area contributed by atoms with Crippen LogP contribution in [0.4, 0.5) is 0 Å². The van der Waals surface area contributed by atoms with Gasteiger partial charge in [-0.1, -0.05) is 22.0 Å². The van der Waals surface area contributed by atoms with Crippen LogP contribution < -0.4 is 10.5 Å². The molecule has 0 aliphatic carbocycles. The Balaban J connectivity index is 3.07. The molecule has 2 N–H and O–H groups in total. The van der Waals surface area contributed by atoms with Gasteiger partial charge in [-0.3, -0.25) is 0 Å². The fourth-order valence-corrected chi connectivity index (χ4v) is 1.52. The van der Waals surface area contributed by atoms with Crippen molar-refractivity contribution in [2.45, 2.75) is 6.04 Å². The van der Waals surface area contributed by atoms with Crippen LogP contribution >= 0.6 is 15.9 Å². The Hall–Kier alpha value is -0.800. The molecule has 1 aromatic carbocycles. The summed E-state index contributed by atoms with van der Waals surface area (Å²) < 4.78 is 6.07. The highest BCUT2D eigenvalue weighted by Gasteiger charge is 2.04. The summed E-state index contributed by atoms with van der Waals surface area (Å²) in [6.07, 6.45) is 1.70. The van der Waals surface area contributed by atoms with Gasteiger partial charge < -0.3 is 10.5 Å². The van der Waals surface area contributed by atoms with Gasteiger partial charge in [0.25, 0.3) is 0 Å². The predicted molar refractivity (Wildman–Crippen MR) is 57.8 cm³/mol. The zero-order valence-corrected chi connectivity index (χ0v) is 9.04. The first-order valence-electron chi connectivity index (χ1n) is 3.90. The molecule has 0 saturated heterocycles. The smallest absolute Gasteiger partial charge is 0.120 e. The first-order chi connectivity index (χ1) is 6.17. The molecule has 70 valence electrons. The molecule has 0 radical (unpaired) electrons. The van der Waals surface area contributed by atoms with E-state index in [1.165, 1.54) is 0 Å². The Morgan fingerprint density at radius 1 is 1.54 bits per heavy atom. The zero-order chi connectivity index (χ0) is 9.84. The lowest BCUT2D eigenvalue weighted by molar-refractivity contribution is 0.414. The lowest BCUT2D eigenvalue weighted by Gasteiger charge is -2.09. The Morgan fingerprint density at radius 2 is 2.23 bits per heavy atom. The summed E-state index contributed by atoms with van der Waals surface area (Å²) in [6, 6.07) is 5.59. The average Bonchev–Trinajstić information content (AvgIpc) is 2.15. The SMILES string of the molecule is C=C[C@H](N)c1cc(Br)cc(OC)c1. The van der Waals surface area contributed by atoms with Gasteiger partial charge in [-0.15, -0.1) is 6.58 Å². The molecule has 0 saturated carbocycles. The fraction of sp³-hybridized carbons (Fsp3) is 0.200. The van der Waals surface area contributed by atoms with E-state index in [0.717, 1.165) is 15.8 Å². The standard InChI is InChI=1S/C10H12BrNO/c1-3-10(12)7-4-8(11)6-9(5-7)13-2/h3-6,10H,1,12H2,2H3/t10-/m0/s1. The van der Waals surface area contributed by atoms with Gasteiger partial charge in [0.2, 0.25) is 0 Å². The number of hydrogen-bond donors (Lipinski definition) is 1. The normalized spacial score (nSPS) is 12.2. The van der Waals surface area contributed by atoms with Gasteiger partial charge in [0.15, 0.2) is 0 Å². The van der Waals surface area contributed by atoms with Crippen LogP contribution in [-0.4, -0.2) is 7.11 Å². The molecule has 0 heterocycles. The Kier molecular flexibility index (Phi) is 3.51. The number of methoxy groups -OCH3 is 1. The molecular weight excluding hydrogens is 230 g/mol. The lowest BCUT2D eigenvalue weighted by atomic mass is 10.1. The molecule has 0 fully saturated rings. The number of halogens is 1. The molecule has 3 heteroatoms. The first-order valence-corrected chi connectivity index (χ1v) is 4.69. The molecule has 13 heavy (non-hydrogen) atoms. The van der Waals surface area contributed by atoms with Gasteiger partial charge in [-0.2, -0.15) is 0 Å². The molecule has 2 nitrogen and oxygen atoms in total. The summed E-state index contributed by atoms with van der Waals surface area (Å²) in [5.41, 5.74) is 6.78. The first kappa shape index (κ1) is 10.3. The third-order valence-electron chi connectivity index (χ3n) is 1.77. The van der Waals surface area contributed by atoms with Crippen molar-refractivity contribution in [3.8, 4) is 5.75 Å². The molecule has 0 aliphatic heterocycles. The third kappa shape index (κ3) is 2.57. The number of ether oxygens (including phenoxy) is 1. The zero-order valence-electron chi connectivity index (χ0n) is 7.46. The van der Waals surface area contributed by atoms with Crippen molar-refractivity contribution in [2.75, 3.05) is 7.11 Å². The van der Waals surface area contributed by atoms with Crippen LogP contribution in [0.1, 0.15) is 11.6 Å². The second kappa shape index (κ2) is 4.44. The topological polar surface area (TPSA) is 35.2 Å². The lowest BCUT2D eigenvalue weighted by Crippen LogP contribution is -2.06. The minimum atomic E-state index is -0.147. The van der Waals surface area contributed by atoms with E-state index in [1.54, 1.807) is 13.2 Å².